The summed E-state index contributed by atoms with van der Waals surface area (Å²) in [7, 11) is 1.77. The standard InChI is InChI=1S/C22H21FN4O2/c1-13-17(18-11-15(23)9-10-19(18)24-13)12-20(28)25-21-14(2)26(3)27(22(21)29)16-7-5-4-6-8-16/h4-11,24H,12H2,1-3H3,(H,25,28). The molecular weight excluding hydrogens is 371 g/mol. The van der Waals surface area contributed by atoms with Crippen molar-refractivity contribution in [3.05, 3.63) is 81.7 Å². The molecule has 148 valence electrons. The maximum atomic E-state index is 13.7. The molecule has 0 aliphatic rings. The average molecular weight is 392 g/mol. The number of H-pyrrole nitrogens is 1. The van der Waals surface area contributed by atoms with E-state index in [0.717, 1.165) is 11.2 Å². The number of halogens is 1. The number of aromatic nitrogens is 3. The lowest BCUT2D eigenvalue weighted by Gasteiger charge is -2.07. The fourth-order valence-electron chi connectivity index (χ4n) is 3.64. The number of carbonyl (C=O) groups is 1. The van der Waals surface area contributed by atoms with E-state index in [4.69, 9.17) is 0 Å². The minimum Gasteiger partial charge on any atom is -0.358 e. The van der Waals surface area contributed by atoms with E-state index in [1.54, 1.807) is 24.7 Å². The number of hydrogen-bond donors (Lipinski definition) is 2. The summed E-state index contributed by atoms with van der Waals surface area (Å²) in [5, 5.41) is 3.42. The quantitative estimate of drug-likeness (QED) is 0.557. The molecular formula is C22H21FN4O2. The van der Waals surface area contributed by atoms with Crippen LogP contribution in [0.25, 0.3) is 16.6 Å². The highest BCUT2D eigenvalue weighted by Crippen LogP contribution is 2.24. The number of nitrogens with one attached hydrogen (secondary N) is 2. The minimum atomic E-state index is -0.359. The fourth-order valence-corrected chi connectivity index (χ4v) is 3.64. The third kappa shape index (κ3) is 3.24. The highest BCUT2D eigenvalue weighted by molar-refractivity contribution is 5.96. The second-order valence-electron chi connectivity index (χ2n) is 7.08. The van der Waals surface area contributed by atoms with Crippen LogP contribution in [0.15, 0.2) is 53.3 Å². The monoisotopic (exact) mass is 392 g/mol. The molecule has 1 amide bonds. The van der Waals surface area contributed by atoms with Gasteiger partial charge in [0, 0.05) is 23.6 Å². The van der Waals surface area contributed by atoms with E-state index in [1.165, 1.54) is 16.8 Å². The number of anilines is 1. The topological polar surface area (TPSA) is 71.8 Å². The van der Waals surface area contributed by atoms with Crippen molar-refractivity contribution in [3.8, 4) is 5.69 Å². The van der Waals surface area contributed by atoms with Crippen molar-refractivity contribution in [1.82, 2.24) is 14.3 Å². The molecule has 2 heterocycles. The lowest BCUT2D eigenvalue weighted by Crippen LogP contribution is -2.23. The SMILES string of the molecule is Cc1[nH]c2ccc(F)cc2c1CC(=O)Nc1c(C)n(C)n(-c2ccccc2)c1=O. The van der Waals surface area contributed by atoms with Gasteiger partial charge >= 0.3 is 0 Å². The Bertz CT molecular complexity index is 1280. The van der Waals surface area contributed by atoms with E-state index in [9.17, 15) is 14.0 Å². The number of benzene rings is 2. The Balaban J connectivity index is 1.66. The van der Waals surface area contributed by atoms with Crippen LogP contribution in [0.3, 0.4) is 0 Å². The summed E-state index contributed by atoms with van der Waals surface area (Å²) in [6.45, 7) is 3.62. The Kier molecular flexibility index (Phi) is 4.58. The molecule has 2 aromatic heterocycles. The second kappa shape index (κ2) is 7.09. The van der Waals surface area contributed by atoms with Crippen LogP contribution < -0.4 is 10.9 Å². The number of hydrogen-bond acceptors (Lipinski definition) is 2. The lowest BCUT2D eigenvalue weighted by atomic mass is 10.1. The van der Waals surface area contributed by atoms with Gasteiger partial charge in [0.1, 0.15) is 11.5 Å². The highest BCUT2D eigenvalue weighted by atomic mass is 19.1. The molecule has 0 saturated heterocycles. The molecule has 0 bridgehead atoms. The molecule has 0 fully saturated rings. The Morgan fingerprint density at radius 2 is 1.86 bits per heavy atom. The maximum Gasteiger partial charge on any atom is 0.295 e. The molecule has 29 heavy (non-hydrogen) atoms. The summed E-state index contributed by atoms with van der Waals surface area (Å²) in [4.78, 5) is 28.9. The molecule has 0 radical (unpaired) electrons. The molecule has 0 atom stereocenters. The summed E-state index contributed by atoms with van der Waals surface area (Å²) in [6, 6.07) is 13.7. The number of para-hydroxylation sites is 1. The number of rotatable bonds is 4. The molecule has 0 unspecified atom stereocenters. The number of aromatic amines is 1. The third-order valence-electron chi connectivity index (χ3n) is 5.24. The summed E-state index contributed by atoms with van der Waals surface area (Å²) >= 11 is 0. The Hall–Kier alpha value is -3.61. The Labute approximate surface area is 166 Å². The van der Waals surface area contributed by atoms with Gasteiger partial charge in [0.25, 0.3) is 5.56 Å². The van der Waals surface area contributed by atoms with Gasteiger partial charge in [0.2, 0.25) is 5.91 Å². The van der Waals surface area contributed by atoms with Gasteiger partial charge in [-0.05, 0) is 49.7 Å². The van der Waals surface area contributed by atoms with Gasteiger partial charge in [-0.25, -0.2) is 9.07 Å². The number of amides is 1. The molecule has 6 nitrogen and oxygen atoms in total. The molecule has 2 aromatic carbocycles. The van der Waals surface area contributed by atoms with Crippen LogP contribution in [0.5, 0.6) is 0 Å². The molecule has 0 saturated carbocycles. The zero-order valence-corrected chi connectivity index (χ0v) is 16.4. The van der Waals surface area contributed by atoms with Crippen LogP contribution in [-0.4, -0.2) is 20.3 Å². The number of nitrogens with zero attached hydrogens (tertiary/aromatic N) is 2. The zero-order chi connectivity index (χ0) is 20.7. The van der Waals surface area contributed by atoms with Gasteiger partial charge < -0.3 is 10.3 Å². The minimum absolute atomic E-state index is 0.0361. The summed E-state index contributed by atoms with van der Waals surface area (Å²) in [5.74, 6) is -0.688. The molecule has 0 aliphatic heterocycles. The van der Waals surface area contributed by atoms with E-state index in [-0.39, 0.29) is 29.4 Å². The smallest absolute Gasteiger partial charge is 0.295 e. The summed E-state index contributed by atoms with van der Waals surface area (Å²) in [6.07, 6.45) is 0.0361. The molecule has 0 aliphatic carbocycles. The van der Waals surface area contributed by atoms with Gasteiger partial charge in [-0.3, -0.25) is 14.3 Å². The first-order valence-electron chi connectivity index (χ1n) is 9.27. The molecule has 4 rings (SSSR count). The van der Waals surface area contributed by atoms with E-state index in [1.807, 2.05) is 37.3 Å². The van der Waals surface area contributed by atoms with Gasteiger partial charge in [-0.1, -0.05) is 18.2 Å². The third-order valence-corrected chi connectivity index (χ3v) is 5.24. The predicted octanol–water partition coefficient (Wildman–Crippen LogP) is 3.59. The van der Waals surface area contributed by atoms with E-state index in [0.29, 0.717) is 22.3 Å². The van der Waals surface area contributed by atoms with Crippen LogP contribution in [0.4, 0.5) is 10.1 Å². The van der Waals surface area contributed by atoms with E-state index < -0.39 is 0 Å². The maximum absolute atomic E-state index is 13.7. The van der Waals surface area contributed by atoms with Crippen molar-refractivity contribution in [2.24, 2.45) is 7.05 Å². The first kappa shape index (κ1) is 18.7. The van der Waals surface area contributed by atoms with Crippen LogP contribution in [0, 0.1) is 19.7 Å². The first-order valence-corrected chi connectivity index (χ1v) is 9.27. The zero-order valence-electron chi connectivity index (χ0n) is 16.4. The van der Waals surface area contributed by atoms with Crippen molar-refractivity contribution in [1.29, 1.82) is 0 Å². The molecule has 2 N–H and O–H groups in total. The van der Waals surface area contributed by atoms with Crippen molar-refractivity contribution in [3.63, 3.8) is 0 Å². The van der Waals surface area contributed by atoms with Gasteiger partial charge in [-0.2, -0.15) is 0 Å². The van der Waals surface area contributed by atoms with Crippen molar-refractivity contribution >= 4 is 22.5 Å². The second-order valence-corrected chi connectivity index (χ2v) is 7.08. The first-order chi connectivity index (χ1) is 13.9. The van der Waals surface area contributed by atoms with Gasteiger partial charge in [-0.15, -0.1) is 0 Å². The van der Waals surface area contributed by atoms with Crippen LogP contribution in [0.1, 0.15) is 17.0 Å². The van der Waals surface area contributed by atoms with E-state index >= 15 is 0 Å². The fraction of sp³-hybridized carbons (Fsp3) is 0.182. The molecule has 0 spiro atoms. The van der Waals surface area contributed by atoms with Crippen LogP contribution in [0.2, 0.25) is 0 Å². The summed E-state index contributed by atoms with van der Waals surface area (Å²) in [5.41, 5.74) is 3.59. The number of aryl methyl sites for hydroxylation is 1. The summed E-state index contributed by atoms with van der Waals surface area (Å²) < 4.78 is 16.9. The van der Waals surface area contributed by atoms with Crippen molar-refractivity contribution in [2.75, 3.05) is 5.32 Å². The van der Waals surface area contributed by atoms with Crippen LogP contribution >= 0.6 is 0 Å². The lowest BCUT2D eigenvalue weighted by molar-refractivity contribution is -0.115. The largest absolute Gasteiger partial charge is 0.358 e. The number of fused-ring (bicyclic) bond motifs is 1. The molecule has 4 aromatic rings. The van der Waals surface area contributed by atoms with Crippen LogP contribution in [-0.2, 0) is 18.3 Å². The molecule has 7 heteroatoms. The van der Waals surface area contributed by atoms with E-state index in [2.05, 4.69) is 10.3 Å². The predicted molar refractivity (Wildman–Crippen MR) is 111 cm³/mol. The van der Waals surface area contributed by atoms with Gasteiger partial charge in [0.05, 0.1) is 17.8 Å². The average Bonchev–Trinajstić information content (AvgIpc) is 3.11. The van der Waals surface area contributed by atoms with Gasteiger partial charge in [0.15, 0.2) is 0 Å². The number of carbonyl (C=O) groups excluding carboxylic acids is 1. The normalized spacial score (nSPS) is 11.2. The Morgan fingerprint density at radius 3 is 2.59 bits per heavy atom. The highest BCUT2D eigenvalue weighted by Gasteiger charge is 2.19. The van der Waals surface area contributed by atoms with Crippen molar-refractivity contribution < 1.29 is 9.18 Å². The Morgan fingerprint density at radius 1 is 1.14 bits per heavy atom. The van der Waals surface area contributed by atoms with Crippen molar-refractivity contribution in [2.45, 2.75) is 20.3 Å².